The lowest BCUT2D eigenvalue weighted by atomic mass is 9.87. The van der Waals surface area contributed by atoms with Crippen molar-refractivity contribution < 1.29 is 4.74 Å². The summed E-state index contributed by atoms with van der Waals surface area (Å²) in [4.78, 5) is 9.06. The second-order valence-corrected chi connectivity index (χ2v) is 7.69. The van der Waals surface area contributed by atoms with E-state index in [1.165, 1.54) is 5.56 Å². The molecule has 25 heavy (non-hydrogen) atoms. The van der Waals surface area contributed by atoms with Gasteiger partial charge in [0.15, 0.2) is 0 Å². The summed E-state index contributed by atoms with van der Waals surface area (Å²) in [5.74, 6) is 1.44. The molecule has 2 heterocycles. The molecule has 1 aliphatic heterocycles. The third kappa shape index (κ3) is 4.92. The van der Waals surface area contributed by atoms with Crippen molar-refractivity contribution in [1.29, 1.82) is 0 Å². The van der Waals surface area contributed by atoms with Crippen LogP contribution in [0.5, 0.6) is 0 Å². The minimum atomic E-state index is 0.151. The molecule has 0 saturated carbocycles. The minimum Gasteiger partial charge on any atom is -0.376 e. The molecule has 1 aromatic heterocycles. The SMILES string of the molecule is Cc1cc(NCC2CCCO2)nc(Nc2ccc(C(C)(C)C)cc2)n1. The molecule has 1 aliphatic rings. The molecule has 1 aromatic carbocycles. The van der Waals surface area contributed by atoms with Crippen LogP contribution in [0.15, 0.2) is 30.3 Å². The third-order valence-electron chi connectivity index (χ3n) is 4.40. The molecular weight excluding hydrogens is 312 g/mol. The van der Waals surface area contributed by atoms with Crippen molar-refractivity contribution in [2.75, 3.05) is 23.8 Å². The summed E-state index contributed by atoms with van der Waals surface area (Å²) >= 11 is 0. The first-order valence-corrected chi connectivity index (χ1v) is 8.99. The van der Waals surface area contributed by atoms with Gasteiger partial charge < -0.3 is 15.4 Å². The van der Waals surface area contributed by atoms with Crippen molar-refractivity contribution in [1.82, 2.24) is 9.97 Å². The van der Waals surface area contributed by atoms with Gasteiger partial charge in [-0.3, -0.25) is 0 Å². The topological polar surface area (TPSA) is 59.1 Å². The highest BCUT2D eigenvalue weighted by molar-refractivity contribution is 5.56. The van der Waals surface area contributed by atoms with E-state index in [1.807, 2.05) is 13.0 Å². The summed E-state index contributed by atoms with van der Waals surface area (Å²) in [6, 6.07) is 10.4. The van der Waals surface area contributed by atoms with E-state index < -0.39 is 0 Å². The van der Waals surface area contributed by atoms with Gasteiger partial charge in [0.05, 0.1) is 6.10 Å². The fourth-order valence-electron chi connectivity index (χ4n) is 2.92. The quantitative estimate of drug-likeness (QED) is 0.844. The zero-order chi connectivity index (χ0) is 17.9. The van der Waals surface area contributed by atoms with Gasteiger partial charge >= 0.3 is 0 Å². The number of nitrogens with zero attached hydrogens (tertiary/aromatic N) is 2. The lowest BCUT2D eigenvalue weighted by molar-refractivity contribution is 0.120. The summed E-state index contributed by atoms with van der Waals surface area (Å²) in [5.41, 5.74) is 3.38. The summed E-state index contributed by atoms with van der Waals surface area (Å²) < 4.78 is 5.65. The van der Waals surface area contributed by atoms with Crippen LogP contribution in [-0.4, -0.2) is 29.2 Å². The summed E-state index contributed by atoms with van der Waals surface area (Å²) in [6.07, 6.45) is 2.55. The maximum atomic E-state index is 5.65. The van der Waals surface area contributed by atoms with E-state index in [-0.39, 0.29) is 11.5 Å². The van der Waals surface area contributed by atoms with Crippen LogP contribution in [0.4, 0.5) is 17.5 Å². The molecule has 0 spiro atoms. The van der Waals surface area contributed by atoms with E-state index in [0.717, 1.165) is 43.2 Å². The van der Waals surface area contributed by atoms with Crippen LogP contribution in [0.2, 0.25) is 0 Å². The van der Waals surface area contributed by atoms with Crippen LogP contribution in [0.3, 0.4) is 0 Å². The standard InChI is InChI=1S/C20H28N4O/c1-14-12-18(21-13-17-6-5-11-25-17)24-19(22-14)23-16-9-7-15(8-10-16)20(2,3)4/h7-10,12,17H,5-6,11,13H2,1-4H3,(H2,21,22,23,24). The molecule has 2 aromatic rings. The maximum absolute atomic E-state index is 5.65. The van der Waals surface area contributed by atoms with Gasteiger partial charge in [-0.05, 0) is 42.9 Å². The molecule has 2 N–H and O–H groups in total. The molecule has 5 nitrogen and oxygen atoms in total. The molecule has 1 atom stereocenters. The van der Waals surface area contributed by atoms with Gasteiger partial charge in [0.2, 0.25) is 5.95 Å². The van der Waals surface area contributed by atoms with Gasteiger partial charge in [0.25, 0.3) is 0 Å². The van der Waals surface area contributed by atoms with Crippen molar-refractivity contribution in [3.8, 4) is 0 Å². The predicted octanol–water partition coefficient (Wildman–Crippen LogP) is 4.42. The Morgan fingerprint density at radius 1 is 1.16 bits per heavy atom. The van der Waals surface area contributed by atoms with E-state index in [1.54, 1.807) is 0 Å². The number of benzene rings is 1. The zero-order valence-corrected chi connectivity index (χ0v) is 15.6. The number of anilines is 3. The number of aromatic nitrogens is 2. The van der Waals surface area contributed by atoms with Gasteiger partial charge in [-0.2, -0.15) is 4.98 Å². The number of aryl methyl sites for hydroxylation is 1. The number of hydrogen-bond acceptors (Lipinski definition) is 5. The number of nitrogens with one attached hydrogen (secondary N) is 2. The fourth-order valence-corrected chi connectivity index (χ4v) is 2.92. The maximum Gasteiger partial charge on any atom is 0.229 e. The van der Waals surface area contributed by atoms with Gasteiger partial charge in [0.1, 0.15) is 5.82 Å². The Kier molecular flexibility index (Phi) is 5.23. The largest absolute Gasteiger partial charge is 0.376 e. The van der Waals surface area contributed by atoms with Crippen molar-refractivity contribution in [3.05, 3.63) is 41.6 Å². The first-order valence-electron chi connectivity index (χ1n) is 8.99. The normalized spacial score (nSPS) is 17.5. The van der Waals surface area contributed by atoms with Crippen molar-refractivity contribution in [2.45, 2.75) is 52.1 Å². The molecule has 0 bridgehead atoms. The Hall–Kier alpha value is -2.14. The fraction of sp³-hybridized carbons (Fsp3) is 0.500. The Morgan fingerprint density at radius 2 is 1.92 bits per heavy atom. The van der Waals surface area contributed by atoms with Gasteiger partial charge in [-0.25, -0.2) is 4.98 Å². The van der Waals surface area contributed by atoms with Crippen LogP contribution in [0, 0.1) is 6.92 Å². The average molecular weight is 340 g/mol. The average Bonchev–Trinajstić information content (AvgIpc) is 3.05. The molecule has 0 aliphatic carbocycles. The van der Waals surface area contributed by atoms with E-state index in [2.05, 4.69) is 65.6 Å². The second kappa shape index (κ2) is 7.40. The van der Waals surface area contributed by atoms with Crippen LogP contribution in [0.25, 0.3) is 0 Å². The summed E-state index contributed by atoms with van der Waals surface area (Å²) in [7, 11) is 0. The van der Waals surface area contributed by atoms with Crippen LogP contribution in [-0.2, 0) is 10.2 Å². The van der Waals surface area contributed by atoms with E-state index in [0.29, 0.717) is 5.95 Å². The Balaban J connectivity index is 1.67. The first-order chi connectivity index (χ1) is 11.9. The highest BCUT2D eigenvalue weighted by Gasteiger charge is 2.16. The molecular formula is C20H28N4O. The highest BCUT2D eigenvalue weighted by atomic mass is 16.5. The molecule has 1 unspecified atom stereocenters. The Bertz CT molecular complexity index is 701. The van der Waals surface area contributed by atoms with Crippen molar-refractivity contribution >= 4 is 17.5 Å². The van der Waals surface area contributed by atoms with Gasteiger partial charge in [-0.1, -0.05) is 32.9 Å². The molecule has 134 valence electrons. The molecule has 5 heteroatoms. The lowest BCUT2D eigenvalue weighted by Crippen LogP contribution is -2.19. The van der Waals surface area contributed by atoms with Crippen LogP contribution >= 0.6 is 0 Å². The van der Waals surface area contributed by atoms with Gasteiger partial charge in [-0.15, -0.1) is 0 Å². The molecule has 3 rings (SSSR count). The Labute approximate surface area is 150 Å². The van der Waals surface area contributed by atoms with Crippen LogP contribution in [0.1, 0.15) is 44.9 Å². The minimum absolute atomic E-state index is 0.151. The molecule has 0 amide bonds. The highest BCUT2D eigenvalue weighted by Crippen LogP contribution is 2.24. The monoisotopic (exact) mass is 340 g/mol. The van der Waals surface area contributed by atoms with E-state index in [4.69, 9.17) is 4.74 Å². The Morgan fingerprint density at radius 3 is 2.56 bits per heavy atom. The van der Waals surface area contributed by atoms with E-state index >= 15 is 0 Å². The molecule has 0 radical (unpaired) electrons. The number of ether oxygens (including phenoxy) is 1. The second-order valence-electron chi connectivity index (χ2n) is 7.69. The first kappa shape index (κ1) is 17.7. The zero-order valence-electron chi connectivity index (χ0n) is 15.6. The molecule has 1 fully saturated rings. The smallest absolute Gasteiger partial charge is 0.229 e. The van der Waals surface area contributed by atoms with Crippen molar-refractivity contribution in [2.24, 2.45) is 0 Å². The summed E-state index contributed by atoms with van der Waals surface area (Å²) in [5, 5.41) is 6.66. The third-order valence-corrected chi connectivity index (χ3v) is 4.40. The van der Waals surface area contributed by atoms with Gasteiger partial charge in [0, 0.05) is 30.6 Å². The summed E-state index contributed by atoms with van der Waals surface area (Å²) in [6.45, 7) is 10.3. The molecule has 1 saturated heterocycles. The van der Waals surface area contributed by atoms with Crippen molar-refractivity contribution in [3.63, 3.8) is 0 Å². The van der Waals surface area contributed by atoms with E-state index in [9.17, 15) is 0 Å². The number of rotatable bonds is 5. The predicted molar refractivity (Wildman–Crippen MR) is 103 cm³/mol. The lowest BCUT2D eigenvalue weighted by Gasteiger charge is -2.19. The number of hydrogen-bond donors (Lipinski definition) is 2. The van der Waals surface area contributed by atoms with Crippen LogP contribution < -0.4 is 10.6 Å².